The van der Waals surface area contributed by atoms with Gasteiger partial charge in [-0.3, -0.25) is 0 Å². The number of nitriles is 1. The van der Waals surface area contributed by atoms with Crippen LogP contribution in [0.3, 0.4) is 0 Å². The zero-order valence-electron chi connectivity index (χ0n) is 10.1. The number of hydrogen-bond acceptors (Lipinski definition) is 3. The Kier molecular flexibility index (Phi) is 2.51. The molecule has 3 heteroatoms. The van der Waals surface area contributed by atoms with Gasteiger partial charge in [0.15, 0.2) is 0 Å². The van der Waals surface area contributed by atoms with E-state index in [1.54, 1.807) is 6.20 Å². The van der Waals surface area contributed by atoms with Crippen LogP contribution in [-0.4, -0.2) is 11.0 Å². The summed E-state index contributed by atoms with van der Waals surface area (Å²) in [4.78, 5) is 4.32. The lowest BCUT2D eigenvalue weighted by Crippen LogP contribution is -2.26. The van der Waals surface area contributed by atoms with E-state index in [1.165, 1.54) is 25.7 Å². The number of hydrogen-bond donors (Lipinski definition) is 1. The van der Waals surface area contributed by atoms with Crippen molar-refractivity contribution in [2.75, 3.05) is 5.32 Å². The van der Waals surface area contributed by atoms with Gasteiger partial charge < -0.3 is 5.32 Å². The molecule has 0 amide bonds. The summed E-state index contributed by atoms with van der Waals surface area (Å²) in [7, 11) is 0. The molecule has 2 fully saturated rings. The van der Waals surface area contributed by atoms with E-state index < -0.39 is 0 Å². The van der Waals surface area contributed by atoms with Crippen molar-refractivity contribution in [3.05, 3.63) is 23.4 Å². The first-order chi connectivity index (χ1) is 8.28. The van der Waals surface area contributed by atoms with Crippen LogP contribution in [0.2, 0.25) is 0 Å². The van der Waals surface area contributed by atoms with Crippen molar-refractivity contribution in [1.82, 2.24) is 4.98 Å². The summed E-state index contributed by atoms with van der Waals surface area (Å²) in [6, 6.07) is 4.69. The maximum atomic E-state index is 9.18. The smallest absolute Gasteiger partial charge is 0.144 e. The molecule has 0 spiro atoms. The van der Waals surface area contributed by atoms with E-state index in [2.05, 4.69) is 16.4 Å². The molecule has 2 aliphatic rings. The van der Waals surface area contributed by atoms with Crippen LogP contribution in [0.25, 0.3) is 0 Å². The van der Waals surface area contributed by atoms with Gasteiger partial charge in [-0.1, -0.05) is 6.42 Å². The van der Waals surface area contributed by atoms with Crippen LogP contribution in [0.5, 0.6) is 0 Å². The molecule has 3 atom stereocenters. The van der Waals surface area contributed by atoms with Gasteiger partial charge in [-0.05, 0) is 49.7 Å². The maximum Gasteiger partial charge on any atom is 0.144 e. The first-order valence-corrected chi connectivity index (χ1v) is 6.40. The molecule has 2 bridgehead atoms. The highest BCUT2D eigenvalue weighted by atomic mass is 15.0. The van der Waals surface area contributed by atoms with E-state index in [-0.39, 0.29) is 0 Å². The molecule has 1 heterocycles. The Morgan fingerprint density at radius 3 is 2.94 bits per heavy atom. The van der Waals surface area contributed by atoms with Gasteiger partial charge in [0, 0.05) is 12.2 Å². The first kappa shape index (κ1) is 10.6. The summed E-state index contributed by atoms with van der Waals surface area (Å²) in [5.41, 5.74) is 1.71. The second-order valence-corrected chi connectivity index (χ2v) is 5.39. The molecular formula is C14H17N3. The van der Waals surface area contributed by atoms with Crippen LogP contribution in [0.15, 0.2) is 12.3 Å². The second kappa shape index (κ2) is 4.03. The van der Waals surface area contributed by atoms with Crippen molar-refractivity contribution in [1.29, 1.82) is 5.26 Å². The largest absolute Gasteiger partial charge is 0.366 e. The standard InChI is InChI=1S/C14H17N3/c1-9-4-5-16-14(12(9)8-15)17-13-7-10-2-3-11(13)6-10/h4-5,10-11,13H,2-3,6-7H2,1H3,(H,16,17). The Hall–Kier alpha value is -1.56. The molecule has 1 N–H and O–H groups in total. The topological polar surface area (TPSA) is 48.7 Å². The summed E-state index contributed by atoms with van der Waals surface area (Å²) in [6.45, 7) is 1.96. The Bertz CT molecular complexity index is 475. The number of aryl methyl sites for hydroxylation is 1. The molecule has 3 nitrogen and oxygen atoms in total. The third-order valence-electron chi connectivity index (χ3n) is 4.33. The lowest BCUT2D eigenvalue weighted by molar-refractivity contribution is 0.439. The molecule has 1 aromatic rings. The van der Waals surface area contributed by atoms with E-state index in [4.69, 9.17) is 0 Å². The molecule has 17 heavy (non-hydrogen) atoms. The molecule has 88 valence electrons. The summed E-state index contributed by atoms with van der Waals surface area (Å²) in [6.07, 6.45) is 7.15. The van der Waals surface area contributed by atoms with Crippen molar-refractivity contribution in [2.24, 2.45) is 11.8 Å². The first-order valence-electron chi connectivity index (χ1n) is 6.40. The maximum absolute atomic E-state index is 9.18. The Balaban J connectivity index is 1.82. The zero-order chi connectivity index (χ0) is 11.8. The SMILES string of the molecule is Cc1ccnc(NC2CC3CCC2C3)c1C#N. The normalized spacial score (nSPS) is 30.2. The van der Waals surface area contributed by atoms with E-state index in [1.807, 2.05) is 13.0 Å². The molecule has 0 aromatic carbocycles. The third-order valence-corrected chi connectivity index (χ3v) is 4.33. The fraction of sp³-hybridized carbons (Fsp3) is 0.571. The summed E-state index contributed by atoms with van der Waals surface area (Å²) in [5.74, 6) is 2.49. The molecule has 1 aromatic heterocycles. The monoisotopic (exact) mass is 227 g/mol. The quantitative estimate of drug-likeness (QED) is 0.845. The molecule has 0 saturated heterocycles. The van der Waals surface area contributed by atoms with Gasteiger partial charge >= 0.3 is 0 Å². The number of nitrogens with zero attached hydrogens (tertiary/aromatic N) is 2. The van der Waals surface area contributed by atoms with Crippen molar-refractivity contribution < 1.29 is 0 Å². The Morgan fingerprint density at radius 2 is 2.29 bits per heavy atom. The van der Waals surface area contributed by atoms with Gasteiger partial charge in [0.25, 0.3) is 0 Å². The number of rotatable bonds is 2. The van der Waals surface area contributed by atoms with Crippen molar-refractivity contribution in [2.45, 2.75) is 38.6 Å². The fourth-order valence-electron chi connectivity index (χ4n) is 3.41. The zero-order valence-corrected chi connectivity index (χ0v) is 10.1. The lowest BCUT2D eigenvalue weighted by atomic mass is 9.95. The van der Waals surface area contributed by atoms with Crippen LogP contribution < -0.4 is 5.32 Å². The minimum Gasteiger partial charge on any atom is -0.366 e. The average Bonchev–Trinajstić information content (AvgIpc) is 2.91. The third kappa shape index (κ3) is 1.78. The Morgan fingerprint density at radius 1 is 1.41 bits per heavy atom. The average molecular weight is 227 g/mol. The molecule has 2 saturated carbocycles. The number of anilines is 1. The van der Waals surface area contributed by atoms with Gasteiger partial charge in [-0.2, -0.15) is 5.26 Å². The number of fused-ring (bicyclic) bond motifs is 2. The van der Waals surface area contributed by atoms with Gasteiger partial charge in [0.1, 0.15) is 11.9 Å². The second-order valence-electron chi connectivity index (χ2n) is 5.39. The summed E-state index contributed by atoms with van der Waals surface area (Å²) < 4.78 is 0. The van der Waals surface area contributed by atoms with Crippen molar-refractivity contribution in [3.63, 3.8) is 0 Å². The van der Waals surface area contributed by atoms with E-state index in [0.717, 1.165) is 23.2 Å². The Labute approximate surface area is 102 Å². The van der Waals surface area contributed by atoms with Crippen molar-refractivity contribution >= 4 is 5.82 Å². The highest BCUT2D eigenvalue weighted by Crippen LogP contribution is 2.45. The minimum atomic E-state index is 0.537. The van der Waals surface area contributed by atoms with Crippen molar-refractivity contribution in [3.8, 4) is 6.07 Å². The summed E-state index contributed by atoms with van der Waals surface area (Å²) >= 11 is 0. The lowest BCUT2D eigenvalue weighted by Gasteiger charge is -2.24. The van der Waals surface area contributed by atoms with Gasteiger partial charge in [0.2, 0.25) is 0 Å². The number of pyridine rings is 1. The van der Waals surface area contributed by atoms with Gasteiger partial charge in [-0.25, -0.2) is 4.98 Å². The number of aromatic nitrogens is 1. The van der Waals surface area contributed by atoms with Crippen LogP contribution in [0.1, 0.15) is 36.8 Å². The predicted octanol–water partition coefficient (Wildman–Crippen LogP) is 2.86. The van der Waals surface area contributed by atoms with Crippen LogP contribution in [0, 0.1) is 30.1 Å². The van der Waals surface area contributed by atoms with Crippen LogP contribution >= 0.6 is 0 Å². The van der Waals surface area contributed by atoms with E-state index in [0.29, 0.717) is 11.6 Å². The summed E-state index contributed by atoms with van der Waals surface area (Å²) in [5, 5.41) is 12.7. The van der Waals surface area contributed by atoms with E-state index in [9.17, 15) is 5.26 Å². The van der Waals surface area contributed by atoms with Gasteiger partial charge in [-0.15, -0.1) is 0 Å². The predicted molar refractivity (Wildman–Crippen MR) is 66.5 cm³/mol. The molecule has 2 aliphatic carbocycles. The fourth-order valence-corrected chi connectivity index (χ4v) is 3.41. The highest BCUT2D eigenvalue weighted by molar-refractivity contribution is 5.56. The molecule has 0 radical (unpaired) electrons. The minimum absolute atomic E-state index is 0.537. The molecular weight excluding hydrogens is 210 g/mol. The van der Waals surface area contributed by atoms with Gasteiger partial charge in [0.05, 0.1) is 5.56 Å². The molecule has 0 aliphatic heterocycles. The van der Waals surface area contributed by atoms with Crippen LogP contribution in [0.4, 0.5) is 5.82 Å². The highest BCUT2D eigenvalue weighted by Gasteiger charge is 2.39. The number of nitrogens with one attached hydrogen (secondary N) is 1. The van der Waals surface area contributed by atoms with E-state index >= 15 is 0 Å². The molecule has 3 unspecified atom stereocenters. The molecule has 3 rings (SSSR count). The van der Waals surface area contributed by atoms with Crippen LogP contribution in [-0.2, 0) is 0 Å².